The lowest BCUT2D eigenvalue weighted by atomic mass is 10.1. The highest BCUT2D eigenvalue weighted by Crippen LogP contribution is 2.11. The van der Waals surface area contributed by atoms with Crippen molar-refractivity contribution in [3.05, 3.63) is 0 Å². The van der Waals surface area contributed by atoms with Gasteiger partial charge in [-0.3, -0.25) is 4.79 Å². The molecule has 0 aliphatic carbocycles. The molecule has 0 spiro atoms. The zero-order chi connectivity index (χ0) is 11.3. The Bertz CT molecular complexity index is 207. The first-order valence-corrected chi connectivity index (χ1v) is 5.74. The molecule has 15 heavy (non-hydrogen) atoms. The number of carbonyl (C=O) groups is 1. The molecule has 1 aliphatic rings. The first-order chi connectivity index (χ1) is 7.19. The van der Waals surface area contributed by atoms with Crippen molar-refractivity contribution < 1.29 is 9.53 Å². The van der Waals surface area contributed by atoms with E-state index in [1.54, 1.807) is 0 Å². The zero-order valence-electron chi connectivity index (χ0n) is 9.95. The number of morpholine rings is 1. The lowest BCUT2D eigenvalue weighted by molar-refractivity contribution is -0.142. The van der Waals surface area contributed by atoms with Gasteiger partial charge in [-0.1, -0.05) is 13.8 Å². The molecule has 1 N–H and O–H groups in total. The predicted molar refractivity (Wildman–Crippen MR) is 59.7 cm³/mol. The number of rotatable bonds is 4. The van der Waals surface area contributed by atoms with Crippen molar-refractivity contribution in [3.63, 3.8) is 0 Å². The molecule has 4 heteroatoms. The van der Waals surface area contributed by atoms with Crippen LogP contribution in [0.4, 0.5) is 0 Å². The van der Waals surface area contributed by atoms with Gasteiger partial charge in [-0.25, -0.2) is 0 Å². The van der Waals surface area contributed by atoms with E-state index in [-0.39, 0.29) is 17.9 Å². The van der Waals surface area contributed by atoms with Crippen molar-refractivity contribution >= 4 is 5.91 Å². The molecule has 1 heterocycles. The van der Waals surface area contributed by atoms with Gasteiger partial charge >= 0.3 is 0 Å². The van der Waals surface area contributed by atoms with Crippen LogP contribution in [0.1, 0.15) is 20.3 Å². The molecule has 4 nitrogen and oxygen atoms in total. The van der Waals surface area contributed by atoms with Crippen molar-refractivity contribution in [2.45, 2.75) is 26.4 Å². The fraction of sp³-hybridized carbons (Fsp3) is 0.909. The summed E-state index contributed by atoms with van der Waals surface area (Å²) < 4.78 is 5.56. The minimum absolute atomic E-state index is 0.137. The van der Waals surface area contributed by atoms with E-state index < -0.39 is 0 Å². The second-order valence-corrected chi connectivity index (χ2v) is 4.14. The molecule has 1 amide bonds. The van der Waals surface area contributed by atoms with E-state index in [1.807, 2.05) is 25.8 Å². The van der Waals surface area contributed by atoms with Gasteiger partial charge in [0.25, 0.3) is 0 Å². The Morgan fingerprint density at radius 1 is 1.67 bits per heavy atom. The third-order valence-corrected chi connectivity index (χ3v) is 2.92. The van der Waals surface area contributed by atoms with Gasteiger partial charge in [-0.2, -0.15) is 0 Å². The highest BCUT2D eigenvalue weighted by molar-refractivity contribution is 5.78. The molecule has 2 unspecified atom stereocenters. The minimum atomic E-state index is 0.137. The van der Waals surface area contributed by atoms with E-state index in [9.17, 15) is 4.79 Å². The van der Waals surface area contributed by atoms with Crippen LogP contribution in [0.5, 0.6) is 0 Å². The predicted octanol–water partition coefficient (Wildman–Crippen LogP) is 0.479. The highest BCUT2D eigenvalue weighted by Gasteiger charge is 2.25. The Hall–Kier alpha value is -0.610. The number of hydrogen-bond acceptors (Lipinski definition) is 3. The average Bonchev–Trinajstić information content (AvgIpc) is 2.28. The topological polar surface area (TPSA) is 41.6 Å². The lowest BCUT2D eigenvalue weighted by Crippen LogP contribution is -2.49. The Kier molecular flexibility index (Phi) is 5.05. The molecule has 88 valence electrons. The van der Waals surface area contributed by atoms with Crippen LogP contribution < -0.4 is 5.32 Å². The summed E-state index contributed by atoms with van der Waals surface area (Å²) in [6.07, 6.45) is 1.06. The number of nitrogens with zero attached hydrogens (tertiary/aromatic N) is 1. The Morgan fingerprint density at radius 3 is 3.00 bits per heavy atom. The molecule has 0 saturated carbocycles. The van der Waals surface area contributed by atoms with E-state index in [4.69, 9.17) is 4.74 Å². The summed E-state index contributed by atoms with van der Waals surface area (Å²) in [6.45, 7) is 6.98. The van der Waals surface area contributed by atoms with Crippen molar-refractivity contribution in [1.29, 1.82) is 0 Å². The number of amides is 1. The van der Waals surface area contributed by atoms with Gasteiger partial charge in [0, 0.05) is 25.6 Å². The van der Waals surface area contributed by atoms with Crippen molar-refractivity contribution in [2.75, 3.05) is 33.3 Å². The quantitative estimate of drug-likeness (QED) is 0.740. The molecule has 1 aliphatic heterocycles. The van der Waals surface area contributed by atoms with Crippen LogP contribution in [0.15, 0.2) is 0 Å². The van der Waals surface area contributed by atoms with Crippen LogP contribution in [0.2, 0.25) is 0 Å². The first-order valence-electron chi connectivity index (χ1n) is 5.74. The lowest BCUT2D eigenvalue weighted by Gasteiger charge is -2.34. The molecular formula is C11H22N2O2. The molecule has 0 radical (unpaired) electrons. The second kappa shape index (κ2) is 6.08. The molecule has 1 rings (SSSR count). The summed E-state index contributed by atoms with van der Waals surface area (Å²) in [5.74, 6) is 0.403. The van der Waals surface area contributed by atoms with Crippen LogP contribution in [0.25, 0.3) is 0 Å². The third-order valence-electron chi connectivity index (χ3n) is 2.92. The molecule has 1 saturated heterocycles. The van der Waals surface area contributed by atoms with Crippen molar-refractivity contribution in [3.8, 4) is 0 Å². The molecule has 0 aromatic carbocycles. The SMILES string of the molecule is CCC(C)C(=O)N1CCOC(CNC)C1. The Morgan fingerprint density at radius 2 is 2.40 bits per heavy atom. The monoisotopic (exact) mass is 214 g/mol. The highest BCUT2D eigenvalue weighted by atomic mass is 16.5. The van der Waals surface area contributed by atoms with Gasteiger partial charge in [0.15, 0.2) is 0 Å². The smallest absolute Gasteiger partial charge is 0.225 e. The Balaban J connectivity index is 2.44. The van der Waals surface area contributed by atoms with E-state index in [0.29, 0.717) is 6.61 Å². The maximum atomic E-state index is 11.9. The number of ether oxygens (including phenoxy) is 1. The summed E-state index contributed by atoms with van der Waals surface area (Å²) in [4.78, 5) is 13.9. The van der Waals surface area contributed by atoms with Crippen LogP contribution in [0.3, 0.4) is 0 Å². The van der Waals surface area contributed by atoms with Gasteiger partial charge in [-0.05, 0) is 13.5 Å². The van der Waals surface area contributed by atoms with Gasteiger partial charge in [0.1, 0.15) is 0 Å². The van der Waals surface area contributed by atoms with E-state index in [2.05, 4.69) is 5.32 Å². The second-order valence-electron chi connectivity index (χ2n) is 4.14. The van der Waals surface area contributed by atoms with Crippen molar-refractivity contribution in [2.24, 2.45) is 5.92 Å². The largest absolute Gasteiger partial charge is 0.373 e. The standard InChI is InChI=1S/C11H22N2O2/c1-4-9(2)11(14)13-5-6-15-10(8-13)7-12-3/h9-10,12H,4-8H2,1-3H3. The number of nitrogens with one attached hydrogen (secondary N) is 1. The molecule has 0 aromatic heterocycles. The van der Waals surface area contributed by atoms with E-state index in [0.717, 1.165) is 26.1 Å². The van der Waals surface area contributed by atoms with Gasteiger partial charge < -0.3 is 15.0 Å². The molecular weight excluding hydrogens is 192 g/mol. The van der Waals surface area contributed by atoms with Crippen LogP contribution in [-0.2, 0) is 9.53 Å². The average molecular weight is 214 g/mol. The number of hydrogen-bond donors (Lipinski definition) is 1. The van der Waals surface area contributed by atoms with Crippen LogP contribution in [-0.4, -0.2) is 50.2 Å². The summed E-state index contributed by atoms with van der Waals surface area (Å²) in [5, 5.41) is 3.08. The number of carbonyl (C=O) groups excluding carboxylic acids is 1. The normalized spacial score (nSPS) is 23.9. The Labute approximate surface area is 92.0 Å². The summed E-state index contributed by atoms with van der Waals surface area (Å²) in [7, 11) is 1.90. The molecule has 0 aromatic rings. The van der Waals surface area contributed by atoms with E-state index >= 15 is 0 Å². The van der Waals surface area contributed by atoms with Gasteiger partial charge in [0.05, 0.1) is 12.7 Å². The first kappa shape index (κ1) is 12.5. The number of likely N-dealkylation sites (N-methyl/N-ethyl adjacent to an activating group) is 1. The fourth-order valence-electron chi connectivity index (χ4n) is 1.76. The summed E-state index contributed by atoms with van der Waals surface area (Å²) in [6, 6.07) is 0. The molecule has 1 fully saturated rings. The van der Waals surface area contributed by atoms with Gasteiger partial charge in [0.2, 0.25) is 5.91 Å². The molecule has 2 atom stereocenters. The molecule has 0 bridgehead atoms. The maximum Gasteiger partial charge on any atom is 0.225 e. The maximum absolute atomic E-state index is 11.9. The third kappa shape index (κ3) is 3.47. The van der Waals surface area contributed by atoms with Crippen molar-refractivity contribution in [1.82, 2.24) is 10.2 Å². The minimum Gasteiger partial charge on any atom is -0.373 e. The van der Waals surface area contributed by atoms with E-state index in [1.165, 1.54) is 0 Å². The van der Waals surface area contributed by atoms with Gasteiger partial charge in [-0.15, -0.1) is 0 Å². The van der Waals surface area contributed by atoms with Crippen LogP contribution >= 0.6 is 0 Å². The summed E-state index contributed by atoms with van der Waals surface area (Å²) >= 11 is 0. The van der Waals surface area contributed by atoms with Crippen LogP contribution in [0, 0.1) is 5.92 Å². The zero-order valence-corrected chi connectivity index (χ0v) is 9.95. The fourth-order valence-corrected chi connectivity index (χ4v) is 1.76. The summed E-state index contributed by atoms with van der Waals surface area (Å²) in [5.41, 5.74) is 0.